The Labute approximate surface area is 158 Å². The summed E-state index contributed by atoms with van der Waals surface area (Å²) >= 11 is 0. The van der Waals surface area contributed by atoms with E-state index in [-0.39, 0.29) is 11.6 Å². The van der Waals surface area contributed by atoms with Gasteiger partial charge in [0.15, 0.2) is 0 Å². The van der Waals surface area contributed by atoms with Crippen LogP contribution in [0, 0.1) is 17.0 Å². The lowest BCUT2D eigenvalue weighted by Crippen LogP contribution is -2.49. The number of nitro benzene ring substituents is 1. The Morgan fingerprint density at radius 1 is 1.11 bits per heavy atom. The highest BCUT2D eigenvalue weighted by atomic mass is 16.6. The van der Waals surface area contributed by atoms with Gasteiger partial charge in [0.2, 0.25) is 5.91 Å². The molecular formula is C20H23N3O4. The van der Waals surface area contributed by atoms with Crippen LogP contribution in [0.25, 0.3) is 0 Å². The van der Waals surface area contributed by atoms with Gasteiger partial charge in [-0.05, 0) is 25.1 Å². The predicted octanol–water partition coefficient (Wildman–Crippen LogP) is 2.80. The SMILES string of the molecule is COc1ccc(C)cc1CC(=O)N1CCN(c2ccc([N+](=O)[O-])cc2)CC1. The molecule has 1 amide bonds. The molecule has 7 heteroatoms. The van der Waals surface area contributed by atoms with Gasteiger partial charge in [-0.1, -0.05) is 17.7 Å². The molecule has 7 nitrogen and oxygen atoms in total. The van der Waals surface area contributed by atoms with Crippen LogP contribution in [0.15, 0.2) is 42.5 Å². The van der Waals surface area contributed by atoms with Gasteiger partial charge in [-0.15, -0.1) is 0 Å². The van der Waals surface area contributed by atoms with Gasteiger partial charge in [-0.25, -0.2) is 0 Å². The lowest BCUT2D eigenvalue weighted by molar-refractivity contribution is -0.384. The number of carbonyl (C=O) groups excluding carboxylic acids is 1. The summed E-state index contributed by atoms with van der Waals surface area (Å²) in [5.74, 6) is 0.820. The zero-order chi connectivity index (χ0) is 19.4. The molecular weight excluding hydrogens is 346 g/mol. The van der Waals surface area contributed by atoms with Crippen LogP contribution < -0.4 is 9.64 Å². The van der Waals surface area contributed by atoms with Gasteiger partial charge in [0, 0.05) is 49.6 Å². The van der Waals surface area contributed by atoms with E-state index in [9.17, 15) is 14.9 Å². The van der Waals surface area contributed by atoms with Crippen molar-refractivity contribution in [3.8, 4) is 5.75 Å². The van der Waals surface area contributed by atoms with Crippen molar-refractivity contribution >= 4 is 17.3 Å². The van der Waals surface area contributed by atoms with Gasteiger partial charge < -0.3 is 14.5 Å². The first-order chi connectivity index (χ1) is 13.0. The highest BCUT2D eigenvalue weighted by Crippen LogP contribution is 2.23. The van der Waals surface area contributed by atoms with Crippen molar-refractivity contribution in [3.63, 3.8) is 0 Å². The summed E-state index contributed by atoms with van der Waals surface area (Å²) in [7, 11) is 1.61. The summed E-state index contributed by atoms with van der Waals surface area (Å²) in [6.07, 6.45) is 0.322. The van der Waals surface area contributed by atoms with Gasteiger partial charge in [0.1, 0.15) is 5.75 Å². The highest BCUT2D eigenvalue weighted by Gasteiger charge is 2.22. The van der Waals surface area contributed by atoms with Crippen molar-refractivity contribution in [1.82, 2.24) is 4.90 Å². The topological polar surface area (TPSA) is 75.9 Å². The number of anilines is 1. The summed E-state index contributed by atoms with van der Waals surface area (Å²) < 4.78 is 5.36. The van der Waals surface area contributed by atoms with Crippen molar-refractivity contribution in [2.45, 2.75) is 13.3 Å². The van der Waals surface area contributed by atoms with Crippen LogP contribution in [0.2, 0.25) is 0 Å². The zero-order valence-corrected chi connectivity index (χ0v) is 15.6. The van der Waals surface area contributed by atoms with Crippen molar-refractivity contribution in [1.29, 1.82) is 0 Å². The Hall–Kier alpha value is -3.09. The number of nitro groups is 1. The van der Waals surface area contributed by atoms with Crippen LogP contribution in [0.1, 0.15) is 11.1 Å². The Morgan fingerprint density at radius 3 is 2.37 bits per heavy atom. The first-order valence-electron chi connectivity index (χ1n) is 8.88. The van der Waals surface area contributed by atoms with Gasteiger partial charge >= 0.3 is 0 Å². The second kappa shape index (κ2) is 8.07. The van der Waals surface area contributed by atoms with Crippen molar-refractivity contribution < 1.29 is 14.5 Å². The van der Waals surface area contributed by atoms with Crippen molar-refractivity contribution in [2.24, 2.45) is 0 Å². The average molecular weight is 369 g/mol. The molecule has 0 saturated carbocycles. The molecule has 27 heavy (non-hydrogen) atoms. The fourth-order valence-electron chi connectivity index (χ4n) is 3.32. The molecule has 1 fully saturated rings. The molecule has 0 bridgehead atoms. The minimum atomic E-state index is -0.403. The number of benzene rings is 2. The molecule has 0 spiro atoms. The second-order valence-corrected chi connectivity index (χ2v) is 6.63. The number of carbonyl (C=O) groups is 1. The van der Waals surface area contributed by atoms with Crippen LogP contribution in [-0.2, 0) is 11.2 Å². The van der Waals surface area contributed by atoms with Crippen LogP contribution in [0.5, 0.6) is 5.75 Å². The molecule has 0 unspecified atom stereocenters. The summed E-state index contributed by atoms with van der Waals surface area (Å²) in [6.45, 7) is 4.66. The maximum Gasteiger partial charge on any atom is 0.269 e. The Bertz CT molecular complexity index is 828. The van der Waals surface area contributed by atoms with Crippen molar-refractivity contribution in [2.75, 3.05) is 38.2 Å². The van der Waals surface area contributed by atoms with Gasteiger partial charge in [0.05, 0.1) is 18.5 Å². The Morgan fingerprint density at radius 2 is 1.78 bits per heavy atom. The number of hydrogen-bond acceptors (Lipinski definition) is 5. The minimum Gasteiger partial charge on any atom is -0.496 e. The van der Waals surface area contributed by atoms with E-state index in [0.717, 1.165) is 22.6 Å². The molecule has 0 atom stereocenters. The maximum atomic E-state index is 12.7. The number of ether oxygens (including phenoxy) is 1. The van der Waals surface area contributed by atoms with E-state index < -0.39 is 4.92 Å². The molecule has 1 aliphatic rings. The molecule has 1 aliphatic heterocycles. The van der Waals surface area contributed by atoms with E-state index in [0.29, 0.717) is 32.6 Å². The Kier molecular flexibility index (Phi) is 5.59. The van der Waals surface area contributed by atoms with E-state index in [2.05, 4.69) is 4.90 Å². The maximum absolute atomic E-state index is 12.7. The molecule has 0 aromatic heterocycles. The third-order valence-corrected chi connectivity index (χ3v) is 4.84. The first kappa shape index (κ1) is 18.7. The quantitative estimate of drug-likeness (QED) is 0.598. The van der Waals surface area contributed by atoms with Crippen LogP contribution in [0.4, 0.5) is 11.4 Å². The van der Waals surface area contributed by atoms with Crippen LogP contribution >= 0.6 is 0 Å². The molecule has 2 aromatic rings. The third-order valence-electron chi connectivity index (χ3n) is 4.84. The van der Waals surface area contributed by atoms with Crippen LogP contribution in [-0.4, -0.2) is 49.0 Å². The fraction of sp³-hybridized carbons (Fsp3) is 0.350. The molecule has 0 N–H and O–H groups in total. The zero-order valence-electron chi connectivity index (χ0n) is 15.6. The molecule has 0 radical (unpaired) electrons. The standard InChI is InChI=1S/C20H23N3O4/c1-15-3-8-19(27-2)16(13-15)14-20(24)22-11-9-21(10-12-22)17-4-6-18(7-5-17)23(25)26/h3-8,13H,9-12,14H2,1-2H3. The predicted molar refractivity (Wildman–Crippen MR) is 103 cm³/mol. The molecule has 3 rings (SSSR count). The number of amides is 1. The Balaban J connectivity index is 1.59. The van der Waals surface area contributed by atoms with E-state index >= 15 is 0 Å². The summed E-state index contributed by atoms with van der Waals surface area (Å²) in [4.78, 5) is 27.1. The largest absolute Gasteiger partial charge is 0.496 e. The molecule has 2 aromatic carbocycles. The average Bonchev–Trinajstić information content (AvgIpc) is 2.68. The first-order valence-corrected chi connectivity index (χ1v) is 8.88. The summed E-state index contributed by atoms with van der Waals surface area (Å²) in [6, 6.07) is 12.4. The third kappa shape index (κ3) is 4.36. The summed E-state index contributed by atoms with van der Waals surface area (Å²) in [5, 5.41) is 10.8. The fourth-order valence-corrected chi connectivity index (χ4v) is 3.32. The number of methoxy groups -OCH3 is 1. The monoisotopic (exact) mass is 369 g/mol. The van der Waals surface area contributed by atoms with E-state index in [1.54, 1.807) is 19.2 Å². The number of aryl methyl sites for hydroxylation is 1. The number of piperazine rings is 1. The molecule has 1 heterocycles. The normalized spacial score (nSPS) is 14.1. The summed E-state index contributed by atoms with van der Waals surface area (Å²) in [5.41, 5.74) is 3.02. The van der Waals surface area contributed by atoms with Gasteiger partial charge in [-0.3, -0.25) is 14.9 Å². The van der Waals surface area contributed by atoms with E-state index in [1.807, 2.05) is 30.0 Å². The molecule has 1 saturated heterocycles. The number of hydrogen-bond donors (Lipinski definition) is 0. The minimum absolute atomic E-state index is 0.0830. The second-order valence-electron chi connectivity index (χ2n) is 6.63. The van der Waals surface area contributed by atoms with Gasteiger partial charge in [0.25, 0.3) is 5.69 Å². The number of non-ortho nitro benzene ring substituents is 1. The van der Waals surface area contributed by atoms with E-state index in [4.69, 9.17) is 4.74 Å². The number of rotatable bonds is 5. The van der Waals surface area contributed by atoms with Crippen molar-refractivity contribution in [3.05, 3.63) is 63.7 Å². The van der Waals surface area contributed by atoms with Gasteiger partial charge in [-0.2, -0.15) is 0 Å². The molecule has 0 aliphatic carbocycles. The molecule has 142 valence electrons. The lowest BCUT2D eigenvalue weighted by Gasteiger charge is -2.36. The van der Waals surface area contributed by atoms with E-state index in [1.165, 1.54) is 12.1 Å². The number of nitrogens with zero attached hydrogens (tertiary/aromatic N) is 3. The van der Waals surface area contributed by atoms with Crippen LogP contribution in [0.3, 0.4) is 0 Å². The smallest absolute Gasteiger partial charge is 0.269 e. The lowest BCUT2D eigenvalue weighted by atomic mass is 10.1. The highest BCUT2D eigenvalue weighted by molar-refractivity contribution is 5.80.